The molecular formula is C18H16F3N3O4S2. The maximum absolute atomic E-state index is 12.6. The van der Waals surface area contributed by atoms with Crippen molar-refractivity contribution in [3.05, 3.63) is 30.5 Å². The number of alkyl halides is 3. The van der Waals surface area contributed by atoms with E-state index in [4.69, 9.17) is 4.42 Å². The van der Waals surface area contributed by atoms with Gasteiger partial charge < -0.3 is 9.32 Å². The summed E-state index contributed by atoms with van der Waals surface area (Å²) in [5.74, 6) is -0.703. The average molecular weight is 459 g/mol. The van der Waals surface area contributed by atoms with Gasteiger partial charge in [0.15, 0.2) is 15.4 Å². The Bertz CT molecular complexity index is 1220. The van der Waals surface area contributed by atoms with E-state index in [1.54, 1.807) is 0 Å². The summed E-state index contributed by atoms with van der Waals surface area (Å²) in [5.41, 5.74) is -3.96. The molecule has 2 heterocycles. The maximum Gasteiger partial charge on any atom is 0.446 e. The first kappa shape index (κ1) is 22.1. The lowest BCUT2D eigenvalue weighted by Gasteiger charge is -2.16. The van der Waals surface area contributed by atoms with Crippen molar-refractivity contribution in [2.24, 2.45) is 0 Å². The Morgan fingerprint density at radius 1 is 1.27 bits per heavy atom. The van der Waals surface area contributed by atoms with Crippen molar-refractivity contribution < 1.29 is 30.8 Å². The number of rotatable bonds is 5. The van der Waals surface area contributed by atoms with Gasteiger partial charge in [-0.15, -0.1) is 0 Å². The third kappa shape index (κ3) is 4.59. The SMILES string of the molecule is CCS(=O)(=O)c1cc(N(C)C(C)=O)cnc1-c1nc2cc(SC(F)(F)F)ccc2o1. The summed E-state index contributed by atoms with van der Waals surface area (Å²) in [7, 11) is -2.31. The summed E-state index contributed by atoms with van der Waals surface area (Å²) >= 11 is -0.291. The fourth-order valence-electron chi connectivity index (χ4n) is 2.56. The fourth-order valence-corrected chi connectivity index (χ4v) is 4.18. The van der Waals surface area contributed by atoms with Crippen LogP contribution in [0.25, 0.3) is 22.7 Å². The van der Waals surface area contributed by atoms with Crippen molar-refractivity contribution in [1.82, 2.24) is 9.97 Å². The van der Waals surface area contributed by atoms with Crippen molar-refractivity contribution in [2.45, 2.75) is 29.1 Å². The van der Waals surface area contributed by atoms with Gasteiger partial charge in [0.05, 0.1) is 17.6 Å². The topological polar surface area (TPSA) is 93.4 Å². The van der Waals surface area contributed by atoms with E-state index in [1.807, 2.05) is 0 Å². The van der Waals surface area contributed by atoms with Gasteiger partial charge in [-0.05, 0) is 36.0 Å². The number of sulfone groups is 1. The number of carbonyl (C=O) groups is 1. The standard InChI is InChI=1S/C18H16F3N3O4S2/c1-4-30(26,27)15-7-11(24(3)10(2)25)9-22-16(15)17-23-13-8-12(29-18(19,20)21)5-6-14(13)28-17/h5-9H,4H2,1-3H3. The van der Waals surface area contributed by atoms with Crippen molar-refractivity contribution in [3.8, 4) is 11.6 Å². The first-order valence-electron chi connectivity index (χ1n) is 8.55. The number of amides is 1. The number of carbonyl (C=O) groups excluding carboxylic acids is 1. The van der Waals surface area contributed by atoms with E-state index in [1.165, 1.54) is 56.3 Å². The molecule has 160 valence electrons. The molecule has 0 N–H and O–H groups in total. The lowest BCUT2D eigenvalue weighted by molar-refractivity contribution is -0.116. The van der Waals surface area contributed by atoms with E-state index in [0.717, 1.165) is 0 Å². The molecule has 0 saturated carbocycles. The van der Waals surface area contributed by atoms with Crippen LogP contribution in [-0.2, 0) is 14.6 Å². The second-order valence-corrected chi connectivity index (χ2v) is 9.60. The smallest absolute Gasteiger partial charge is 0.435 e. The minimum atomic E-state index is -4.46. The zero-order valence-corrected chi connectivity index (χ0v) is 17.7. The zero-order valence-electron chi connectivity index (χ0n) is 16.0. The second kappa shape index (κ2) is 7.91. The second-order valence-electron chi connectivity index (χ2n) is 6.22. The quantitative estimate of drug-likeness (QED) is 0.526. The van der Waals surface area contributed by atoms with Gasteiger partial charge in [0.2, 0.25) is 11.8 Å². The van der Waals surface area contributed by atoms with E-state index in [0.29, 0.717) is 0 Å². The Morgan fingerprint density at radius 3 is 2.57 bits per heavy atom. The van der Waals surface area contributed by atoms with Crippen LogP contribution in [0.4, 0.5) is 18.9 Å². The van der Waals surface area contributed by atoms with Gasteiger partial charge in [0.25, 0.3) is 0 Å². The van der Waals surface area contributed by atoms with Crippen LogP contribution in [0.15, 0.2) is 44.7 Å². The molecule has 0 aliphatic carbocycles. The highest BCUT2D eigenvalue weighted by molar-refractivity contribution is 8.00. The molecule has 7 nitrogen and oxygen atoms in total. The molecule has 2 aromatic heterocycles. The molecule has 0 spiro atoms. The van der Waals surface area contributed by atoms with Gasteiger partial charge in [-0.1, -0.05) is 6.92 Å². The molecule has 0 aliphatic heterocycles. The number of oxazole rings is 1. The number of halogens is 3. The van der Waals surface area contributed by atoms with Crippen LogP contribution >= 0.6 is 11.8 Å². The summed E-state index contributed by atoms with van der Waals surface area (Å²) in [4.78, 5) is 20.8. The minimum Gasteiger partial charge on any atom is -0.435 e. The molecule has 3 aromatic rings. The van der Waals surface area contributed by atoms with Crippen molar-refractivity contribution in [3.63, 3.8) is 0 Å². The molecule has 0 atom stereocenters. The van der Waals surface area contributed by atoms with E-state index in [9.17, 15) is 26.4 Å². The Morgan fingerprint density at radius 2 is 1.97 bits per heavy atom. The van der Waals surface area contributed by atoms with Crippen LogP contribution in [0.2, 0.25) is 0 Å². The van der Waals surface area contributed by atoms with Crippen molar-refractivity contribution in [1.29, 1.82) is 0 Å². The number of thioether (sulfide) groups is 1. The number of fused-ring (bicyclic) bond motifs is 1. The van der Waals surface area contributed by atoms with E-state index in [2.05, 4.69) is 9.97 Å². The molecule has 3 rings (SSSR count). The maximum atomic E-state index is 12.6. The van der Waals surface area contributed by atoms with Crippen molar-refractivity contribution >= 4 is 44.3 Å². The number of aromatic nitrogens is 2. The summed E-state index contributed by atoms with van der Waals surface area (Å²) in [5, 5.41) is 0. The Balaban J connectivity index is 2.14. The van der Waals surface area contributed by atoms with E-state index in [-0.39, 0.29) is 61.6 Å². The first-order chi connectivity index (χ1) is 13.9. The van der Waals surface area contributed by atoms with Gasteiger partial charge in [-0.3, -0.25) is 4.79 Å². The molecule has 1 amide bonds. The summed E-state index contributed by atoms with van der Waals surface area (Å²) in [6.07, 6.45) is 1.30. The highest BCUT2D eigenvalue weighted by Crippen LogP contribution is 2.38. The predicted molar refractivity (Wildman–Crippen MR) is 106 cm³/mol. The molecule has 0 aliphatic rings. The van der Waals surface area contributed by atoms with Crippen LogP contribution in [-0.4, -0.2) is 42.6 Å². The van der Waals surface area contributed by atoms with E-state index < -0.39 is 15.3 Å². The Labute approximate surface area is 174 Å². The predicted octanol–water partition coefficient (Wildman–Crippen LogP) is 4.28. The molecule has 0 unspecified atom stereocenters. The van der Waals surface area contributed by atoms with Crippen LogP contribution in [0.5, 0.6) is 0 Å². The normalized spacial score (nSPS) is 12.3. The van der Waals surface area contributed by atoms with Gasteiger partial charge in [-0.25, -0.2) is 18.4 Å². The summed E-state index contributed by atoms with van der Waals surface area (Å²) in [6.45, 7) is 2.77. The minimum absolute atomic E-state index is 0.0809. The zero-order chi connectivity index (χ0) is 22.3. The third-order valence-corrected chi connectivity index (χ3v) is 6.67. The average Bonchev–Trinajstić information content (AvgIpc) is 3.08. The van der Waals surface area contributed by atoms with Crippen LogP contribution < -0.4 is 4.90 Å². The molecule has 0 saturated heterocycles. The highest BCUT2D eigenvalue weighted by atomic mass is 32.2. The van der Waals surface area contributed by atoms with Gasteiger partial charge in [-0.2, -0.15) is 13.2 Å². The molecule has 12 heteroatoms. The highest BCUT2D eigenvalue weighted by Gasteiger charge is 2.30. The third-order valence-electron chi connectivity index (χ3n) is 4.21. The van der Waals surface area contributed by atoms with Crippen LogP contribution in [0, 0.1) is 0 Å². The first-order valence-corrected chi connectivity index (χ1v) is 11.0. The van der Waals surface area contributed by atoms with Crippen molar-refractivity contribution in [2.75, 3.05) is 17.7 Å². The lowest BCUT2D eigenvalue weighted by atomic mass is 10.3. The number of anilines is 1. The molecule has 1 aromatic carbocycles. The molecule has 0 fully saturated rings. The number of hydrogen-bond donors (Lipinski definition) is 0. The Kier molecular flexibility index (Phi) is 5.83. The largest absolute Gasteiger partial charge is 0.446 e. The van der Waals surface area contributed by atoms with E-state index >= 15 is 0 Å². The lowest BCUT2D eigenvalue weighted by Crippen LogP contribution is -2.23. The monoisotopic (exact) mass is 459 g/mol. The van der Waals surface area contributed by atoms with Gasteiger partial charge >= 0.3 is 5.51 Å². The summed E-state index contributed by atoms with van der Waals surface area (Å²) < 4.78 is 68.6. The number of hydrogen-bond acceptors (Lipinski definition) is 7. The molecule has 0 radical (unpaired) electrons. The molecular weight excluding hydrogens is 443 g/mol. The Hall–Kier alpha value is -2.60. The molecule has 0 bridgehead atoms. The molecule has 30 heavy (non-hydrogen) atoms. The number of benzene rings is 1. The van der Waals surface area contributed by atoms with Gasteiger partial charge in [0.1, 0.15) is 16.1 Å². The number of pyridine rings is 1. The van der Waals surface area contributed by atoms with Crippen LogP contribution in [0.3, 0.4) is 0 Å². The van der Waals surface area contributed by atoms with Gasteiger partial charge in [0, 0.05) is 18.9 Å². The summed E-state index contributed by atoms with van der Waals surface area (Å²) in [6, 6.07) is 5.05. The fraction of sp³-hybridized carbons (Fsp3) is 0.278. The van der Waals surface area contributed by atoms with Crippen LogP contribution in [0.1, 0.15) is 13.8 Å². The number of nitrogens with zero attached hydrogens (tertiary/aromatic N) is 3.